The molecule has 0 aliphatic rings. The van der Waals surface area contributed by atoms with Crippen LogP contribution >= 0.6 is 11.6 Å². The van der Waals surface area contributed by atoms with Crippen molar-refractivity contribution < 1.29 is 4.79 Å². The van der Waals surface area contributed by atoms with Crippen LogP contribution in [0, 0.1) is 0 Å². The Morgan fingerprint density at radius 2 is 1.29 bits per heavy atom. The summed E-state index contributed by atoms with van der Waals surface area (Å²) in [5, 5.41) is 0.733. The van der Waals surface area contributed by atoms with Crippen molar-refractivity contribution >= 4 is 45.5 Å². The molecule has 0 aliphatic carbocycles. The summed E-state index contributed by atoms with van der Waals surface area (Å²) in [4.78, 5) is 12.6. The topological polar surface area (TPSA) is 17.1 Å². The van der Waals surface area contributed by atoms with Gasteiger partial charge in [0.25, 0.3) is 0 Å². The molecule has 0 bridgehead atoms. The third-order valence-electron chi connectivity index (χ3n) is 3.42. The molecule has 0 amide bonds. The minimum atomic E-state index is -0.684. The molecule has 0 heterocycles. The zero-order valence-electron chi connectivity index (χ0n) is 12.9. The van der Waals surface area contributed by atoms with Gasteiger partial charge in [-0.2, -0.15) is 0 Å². The monoisotopic (exact) mass is 448 g/mol. The molecule has 0 saturated carbocycles. The van der Waals surface area contributed by atoms with Crippen LogP contribution in [0.4, 0.5) is 0 Å². The molecule has 3 rings (SSSR count). The predicted molar refractivity (Wildman–Crippen MR) is 102 cm³/mol. The van der Waals surface area contributed by atoms with E-state index in [4.69, 9.17) is 11.6 Å². The number of allylic oxidation sites excluding steroid dienone is 1. The molecule has 24 heavy (non-hydrogen) atoms. The molecule has 0 saturated heterocycles. The molecular weight excluding hydrogens is 431 g/mol. The molecular formula is C21H15ClOTe. The van der Waals surface area contributed by atoms with Gasteiger partial charge in [0.1, 0.15) is 0 Å². The van der Waals surface area contributed by atoms with Crippen molar-refractivity contribution in [3.05, 3.63) is 107 Å². The zero-order valence-corrected chi connectivity index (χ0v) is 15.9. The van der Waals surface area contributed by atoms with E-state index in [2.05, 4.69) is 12.1 Å². The van der Waals surface area contributed by atoms with Gasteiger partial charge in [0.15, 0.2) is 0 Å². The van der Waals surface area contributed by atoms with Gasteiger partial charge >= 0.3 is 157 Å². The number of carbonyl (C=O) groups excluding carboxylic acids is 1. The molecule has 0 aromatic heterocycles. The maximum atomic E-state index is 12.6. The Bertz CT molecular complexity index is 840. The molecule has 0 atom stereocenters. The second-order valence-electron chi connectivity index (χ2n) is 5.16. The first-order chi connectivity index (χ1) is 11.7. The van der Waals surface area contributed by atoms with Gasteiger partial charge in [-0.15, -0.1) is 0 Å². The number of hydrogen-bond donors (Lipinski definition) is 0. The third-order valence-corrected chi connectivity index (χ3v) is 6.76. The summed E-state index contributed by atoms with van der Waals surface area (Å²) in [7, 11) is 0. The molecule has 118 valence electrons. The number of hydrogen-bond acceptors (Lipinski definition) is 1. The quantitative estimate of drug-likeness (QED) is 0.318. The van der Waals surface area contributed by atoms with Gasteiger partial charge < -0.3 is 0 Å². The average Bonchev–Trinajstić information content (AvgIpc) is 2.64. The summed E-state index contributed by atoms with van der Waals surface area (Å²) in [5.41, 5.74) is 1.83. The Kier molecular flexibility index (Phi) is 5.88. The van der Waals surface area contributed by atoms with Gasteiger partial charge in [-0.05, 0) is 0 Å². The van der Waals surface area contributed by atoms with Gasteiger partial charge in [0, 0.05) is 0 Å². The zero-order chi connectivity index (χ0) is 16.8. The van der Waals surface area contributed by atoms with E-state index in [1.54, 1.807) is 6.08 Å². The Morgan fingerprint density at radius 1 is 0.750 bits per heavy atom. The van der Waals surface area contributed by atoms with E-state index in [1.807, 2.05) is 72.8 Å². The molecule has 0 fully saturated rings. The average molecular weight is 446 g/mol. The van der Waals surface area contributed by atoms with Crippen molar-refractivity contribution in [2.75, 3.05) is 0 Å². The molecule has 3 aromatic rings. The molecule has 1 nitrogen and oxygen atoms in total. The van der Waals surface area contributed by atoms with Crippen LogP contribution in [0.5, 0.6) is 0 Å². The summed E-state index contributed by atoms with van der Waals surface area (Å²) in [5.74, 6) is 0.0496. The van der Waals surface area contributed by atoms with Crippen molar-refractivity contribution in [3.8, 4) is 0 Å². The summed E-state index contributed by atoms with van der Waals surface area (Å²) in [6.07, 6.45) is 1.79. The van der Waals surface area contributed by atoms with Crippen molar-refractivity contribution in [1.29, 1.82) is 0 Å². The van der Waals surface area contributed by atoms with E-state index in [0.29, 0.717) is 0 Å². The number of rotatable bonds is 5. The van der Waals surface area contributed by atoms with Gasteiger partial charge in [-0.3, -0.25) is 0 Å². The van der Waals surface area contributed by atoms with Crippen LogP contribution in [0.1, 0.15) is 15.9 Å². The molecule has 0 radical (unpaired) electrons. The van der Waals surface area contributed by atoms with Crippen molar-refractivity contribution in [1.82, 2.24) is 0 Å². The first-order valence-corrected chi connectivity index (χ1v) is 10.2. The van der Waals surface area contributed by atoms with Crippen LogP contribution in [0.3, 0.4) is 0 Å². The van der Waals surface area contributed by atoms with E-state index < -0.39 is 20.9 Å². The van der Waals surface area contributed by atoms with E-state index in [-0.39, 0.29) is 5.78 Å². The third kappa shape index (κ3) is 4.58. The minimum absolute atomic E-state index is 0.0496. The number of benzene rings is 3. The Morgan fingerprint density at radius 3 is 1.88 bits per heavy atom. The second-order valence-corrected chi connectivity index (χ2v) is 8.78. The summed E-state index contributed by atoms with van der Waals surface area (Å²) in [6.45, 7) is 0. The Labute approximate surface area is 157 Å². The van der Waals surface area contributed by atoms with Gasteiger partial charge in [0.2, 0.25) is 0 Å². The fourth-order valence-corrected chi connectivity index (χ4v) is 5.03. The standard InChI is InChI=1S/C21H15ClOTe/c22-18-11-13-19(14-12-18)24-21(17-9-5-2-6-10-17)15-20(23)16-7-3-1-4-8-16/h1-15H/b21-15-. The van der Waals surface area contributed by atoms with E-state index in [0.717, 1.165) is 19.8 Å². The van der Waals surface area contributed by atoms with Crippen molar-refractivity contribution in [2.45, 2.75) is 0 Å². The van der Waals surface area contributed by atoms with Crippen LogP contribution < -0.4 is 3.61 Å². The van der Waals surface area contributed by atoms with Crippen LogP contribution in [0.15, 0.2) is 91.0 Å². The SMILES string of the molecule is O=C(/C=C(\[Te]c1ccc(Cl)cc1)c1ccccc1)c1ccccc1. The molecule has 3 aromatic carbocycles. The van der Waals surface area contributed by atoms with Gasteiger partial charge in [-0.25, -0.2) is 0 Å². The van der Waals surface area contributed by atoms with Gasteiger partial charge in [-0.1, -0.05) is 0 Å². The van der Waals surface area contributed by atoms with Crippen LogP contribution in [0.25, 0.3) is 3.62 Å². The fraction of sp³-hybridized carbons (Fsp3) is 0. The Balaban J connectivity index is 1.94. The second kappa shape index (κ2) is 8.31. The fourth-order valence-electron chi connectivity index (χ4n) is 2.21. The van der Waals surface area contributed by atoms with E-state index in [9.17, 15) is 4.79 Å². The molecule has 0 aliphatic heterocycles. The molecule has 3 heteroatoms. The van der Waals surface area contributed by atoms with Crippen molar-refractivity contribution in [3.63, 3.8) is 0 Å². The van der Waals surface area contributed by atoms with Gasteiger partial charge in [0.05, 0.1) is 0 Å². The van der Waals surface area contributed by atoms with E-state index >= 15 is 0 Å². The number of halogens is 1. The summed E-state index contributed by atoms with van der Waals surface area (Å²) >= 11 is 5.29. The molecule has 0 unspecified atom stereocenters. The van der Waals surface area contributed by atoms with Crippen LogP contribution in [-0.2, 0) is 0 Å². The first kappa shape index (κ1) is 17.0. The van der Waals surface area contributed by atoms with Crippen LogP contribution in [0.2, 0.25) is 5.02 Å². The molecule has 0 N–H and O–H groups in total. The summed E-state index contributed by atoms with van der Waals surface area (Å²) < 4.78 is 2.37. The number of ketones is 1. The molecule has 0 spiro atoms. The summed E-state index contributed by atoms with van der Waals surface area (Å²) in [6, 6.07) is 27.4. The maximum absolute atomic E-state index is 12.6. The van der Waals surface area contributed by atoms with E-state index in [1.165, 1.54) is 3.61 Å². The van der Waals surface area contributed by atoms with Crippen molar-refractivity contribution in [2.24, 2.45) is 0 Å². The van der Waals surface area contributed by atoms with Crippen LogP contribution in [-0.4, -0.2) is 26.7 Å². The number of carbonyl (C=O) groups is 1. The normalized spacial score (nSPS) is 11.3. The first-order valence-electron chi connectivity index (χ1n) is 7.52. The predicted octanol–water partition coefficient (Wildman–Crippen LogP) is 4.59. The Hall–Kier alpha value is -1.85.